The van der Waals surface area contributed by atoms with E-state index in [1.807, 2.05) is 0 Å². The Kier molecular flexibility index (Phi) is 11.7. The molecule has 0 saturated heterocycles. The molecule has 5 heteroatoms. The molecule has 0 aromatic rings. The van der Waals surface area contributed by atoms with Gasteiger partial charge in [-0.25, -0.2) is 5.84 Å². The summed E-state index contributed by atoms with van der Waals surface area (Å²) >= 11 is 0. The molecule has 0 unspecified atom stereocenters. The van der Waals surface area contributed by atoms with Crippen LogP contribution >= 0.6 is 17.0 Å². The van der Waals surface area contributed by atoms with E-state index in [4.69, 9.17) is 11.6 Å². The highest BCUT2D eigenvalue weighted by Gasteiger charge is 1.85. The monoisotopic (exact) mass is 224 g/mol. The third-order valence-electron chi connectivity index (χ3n) is 1.19. The van der Waals surface area contributed by atoms with Crippen molar-refractivity contribution in [2.45, 2.75) is 26.2 Å². The van der Waals surface area contributed by atoms with Crippen LogP contribution in [0.1, 0.15) is 26.2 Å². The second-order valence-corrected chi connectivity index (χ2v) is 2.12. The van der Waals surface area contributed by atoms with Gasteiger partial charge in [0.05, 0.1) is 0 Å². The van der Waals surface area contributed by atoms with Gasteiger partial charge >= 0.3 is 0 Å². The lowest BCUT2D eigenvalue weighted by molar-refractivity contribution is 0.725. The predicted octanol–water partition coefficient (Wildman–Crippen LogP) is 0.532. The number of nitrogens with one attached hydrogen (secondary N) is 1. The van der Waals surface area contributed by atoms with Crippen molar-refractivity contribution in [3.63, 3.8) is 0 Å². The fourth-order valence-electron chi connectivity index (χ4n) is 0.607. The van der Waals surface area contributed by atoms with Gasteiger partial charge in [-0.1, -0.05) is 19.8 Å². The molecule has 0 rings (SSSR count). The minimum Gasteiger partial charge on any atom is -0.369 e. The molecule has 0 amide bonds. The van der Waals surface area contributed by atoms with Gasteiger partial charge in [-0.05, 0) is 6.42 Å². The van der Waals surface area contributed by atoms with Gasteiger partial charge in [-0.3, -0.25) is 10.4 Å². The number of hydrazine groups is 1. The zero-order valence-corrected chi connectivity index (χ0v) is 8.55. The van der Waals surface area contributed by atoms with E-state index in [0.717, 1.165) is 13.0 Å². The minimum atomic E-state index is 0. The van der Waals surface area contributed by atoms with Crippen molar-refractivity contribution >= 4 is 22.9 Å². The zero-order valence-electron chi connectivity index (χ0n) is 6.84. The van der Waals surface area contributed by atoms with E-state index < -0.39 is 0 Å². The number of guanidine groups is 1. The van der Waals surface area contributed by atoms with Gasteiger partial charge in [0.2, 0.25) is 5.96 Å². The quantitative estimate of drug-likeness (QED) is 0.215. The van der Waals surface area contributed by atoms with Crippen molar-refractivity contribution in [1.29, 1.82) is 0 Å². The van der Waals surface area contributed by atoms with Crippen LogP contribution < -0.4 is 17.0 Å². The first-order valence-electron chi connectivity index (χ1n) is 3.57. The predicted molar refractivity (Wildman–Crippen MR) is 53.7 cm³/mol. The first kappa shape index (κ1) is 13.3. The molecule has 68 valence electrons. The Morgan fingerprint density at radius 2 is 2.09 bits per heavy atom. The zero-order chi connectivity index (χ0) is 7.82. The number of hydrogen-bond donors (Lipinski definition) is 3. The maximum Gasteiger partial charge on any atom is 0.203 e. The molecule has 0 bridgehead atoms. The van der Waals surface area contributed by atoms with Crippen molar-refractivity contribution in [2.24, 2.45) is 16.6 Å². The van der Waals surface area contributed by atoms with Crippen molar-refractivity contribution in [3.05, 3.63) is 0 Å². The first-order valence-corrected chi connectivity index (χ1v) is 3.57. The summed E-state index contributed by atoms with van der Waals surface area (Å²) in [7, 11) is 0. The van der Waals surface area contributed by atoms with Crippen LogP contribution in [0.5, 0.6) is 0 Å². The van der Waals surface area contributed by atoms with E-state index in [9.17, 15) is 0 Å². The van der Waals surface area contributed by atoms with E-state index in [2.05, 4.69) is 17.3 Å². The fraction of sp³-hybridized carbons (Fsp3) is 0.833. The van der Waals surface area contributed by atoms with Crippen molar-refractivity contribution < 1.29 is 0 Å². The van der Waals surface area contributed by atoms with E-state index >= 15 is 0 Å². The minimum absolute atomic E-state index is 0. The summed E-state index contributed by atoms with van der Waals surface area (Å²) < 4.78 is 0. The van der Waals surface area contributed by atoms with Crippen LogP contribution in [-0.2, 0) is 0 Å². The number of aliphatic imine (C=N–C) groups is 1. The van der Waals surface area contributed by atoms with Crippen molar-refractivity contribution in [2.75, 3.05) is 6.54 Å². The van der Waals surface area contributed by atoms with Gasteiger partial charge in [-0.2, -0.15) is 0 Å². The maximum atomic E-state index is 5.27. The highest BCUT2D eigenvalue weighted by molar-refractivity contribution is 8.93. The number of unbranched alkanes of at least 4 members (excludes halogenated alkanes) is 2. The van der Waals surface area contributed by atoms with Crippen LogP contribution in [-0.4, -0.2) is 12.5 Å². The Labute approximate surface area is 78.2 Å². The molecule has 0 radical (unpaired) electrons. The SMILES string of the molecule is Br.CCCCCN=C(N)NN. The van der Waals surface area contributed by atoms with Crippen molar-refractivity contribution in [3.8, 4) is 0 Å². The van der Waals surface area contributed by atoms with E-state index in [1.54, 1.807) is 0 Å². The molecule has 0 atom stereocenters. The summed E-state index contributed by atoms with van der Waals surface area (Å²) in [5, 5.41) is 0. The Morgan fingerprint density at radius 3 is 2.55 bits per heavy atom. The lowest BCUT2D eigenvalue weighted by Crippen LogP contribution is -2.37. The Bertz CT molecular complexity index is 105. The normalized spacial score (nSPS) is 10.5. The smallest absolute Gasteiger partial charge is 0.203 e. The lowest BCUT2D eigenvalue weighted by atomic mass is 10.2. The average molecular weight is 225 g/mol. The number of halogens is 1. The summed E-state index contributed by atoms with van der Waals surface area (Å²) in [6.45, 7) is 2.91. The average Bonchev–Trinajstić information content (AvgIpc) is 1.98. The van der Waals surface area contributed by atoms with Gasteiger partial charge in [0.1, 0.15) is 0 Å². The maximum absolute atomic E-state index is 5.27. The molecule has 0 heterocycles. The van der Waals surface area contributed by atoms with Gasteiger partial charge in [0.25, 0.3) is 0 Å². The van der Waals surface area contributed by atoms with Crippen LogP contribution in [0, 0.1) is 0 Å². The van der Waals surface area contributed by atoms with Gasteiger partial charge in [0.15, 0.2) is 0 Å². The highest BCUT2D eigenvalue weighted by atomic mass is 79.9. The second-order valence-electron chi connectivity index (χ2n) is 2.12. The molecule has 5 N–H and O–H groups in total. The molecule has 0 saturated carbocycles. The molecule has 0 spiro atoms. The Morgan fingerprint density at radius 1 is 1.45 bits per heavy atom. The topological polar surface area (TPSA) is 76.4 Å². The Balaban J connectivity index is 0. The molecule has 0 aliphatic carbocycles. The molecule has 0 aliphatic heterocycles. The molecule has 0 aromatic carbocycles. The van der Waals surface area contributed by atoms with Gasteiger partial charge in [-0.15, -0.1) is 17.0 Å². The highest BCUT2D eigenvalue weighted by Crippen LogP contribution is 1.92. The van der Waals surface area contributed by atoms with E-state index in [1.165, 1.54) is 12.8 Å². The summed E-state index contributed by atoms with van der Waals surface area (Å²) in [5.41, 5.74) is 7.54. The lowest BCUT2D eigenvalue weighted by Gasteiger charge is -1.97. The number of nitrogens with zero attached hydrogens (tertiary/aromatic N) is 1. The van der Waals surface area contributed by atoms with Gasteiger partial charge < -0.3 is 5.73 Å². The van der Waals surface area contributed by atoms with Crippen LogP contribution in [0.4, 0.5) is 0 Å². The first-order chi connectivity index (χ1) is 4.81. The molecule has 0 aliphatic rings. The molecule has 0 fully saturated rings. The second kappa shape index (κ2) is 9.71. The number of nitrogens with two attached hydrogens (primary N) is 2. The van der Waals surface area contributed by atoms with E-state index in [0.29, 0.717) is 5.96 Å². The Hall–Kier alpha value is -0.290. The summed E-state index contributed by atoms with van der Waals surface area (Å²) in [6, 6.07) is 0. The van der Waals surface area contributed by atoms with Crippen LogP contribution in [0.25, 0.3) is 0 Å². The van der Waals surface area contributed by atoms with E-state index in [-0.39, 0.29) is 17.0 Å². The largest absolute Gasteiger partial charge is 0.369 e. The summed E-state index contributed by atoms with van der Waals surface area (Å²) in [4.78, 5) is 3.94. The molecular weight excluding hydrogens is 208 g/mol. The third-order valence-corrected chi connectivity index (χ3v) is 1.19. The molecule has 4 nitrogen and oxygen atoms in total. The van der Waals surface area contributed by atoms with Crippen LogP contribution in [0.2, 0.25) is 0 Å². The third kappa shape index (κ3) is 9.71. The molecule has 0 aromatic heterocycles. The molecule has 11 heavy (non-hydrogen) atoms. The van der Waals surface area contributed by atoms with Crippen LogP contribution in [0.3, 0.4) is 0 Å². The van der Waals surface area contributed by atoms with Crippen molar-refractivity contribution in [1.82, 2.24) is 5.43 Å². The fourth-order valence-corrected chi connectivity index (χ4v) is 0.607. The summed E-state index contributed by atoms with van der Waals surface area (Å²) in [5.74, 6) is 5.30. The molecular formula is C6H17BrN4. The van der Waals surface area contributed by atoms with Crippen LogP contribution in [0.15, 0.2) is 4.99 Å². The number of hydrogen-bond acceptors (Lipinski definition) is 2. The number of rotatable bonds is 4. The van der Waals surface area contributed by atoms with Gasteiger partial charge in [0, 0.05) is 6.54 Å². The summed E-state index contributed by atoms with van der Waals surface area (Å²) in [6.07, 6.45) is 3.48. The standard InChI is InChI=1S/C6H16N4.BrH/c1-2-3-4-5-9-6(7)10-8;/h2-5,8H2,1H3,(H3,7,9,10);1H.